The quantitative estimate of drug-likeness (QED) is 0.661. The maximum absolute atomic E-state index is 12.4. The Balaban J connectivity index is 2.17. The molecule has 2 heterocycles. The first kappa shape index (κ1) is 13.3. The van der Waals surface area contributed by atoms with Gasteiger partial charge in [-0.05, 0) is 23.2 Å². The topological polar surface area (TPSA) is 89.4 Å². The molecule has 3 aromatic rings. The average molecular weight is 301 g/mol. The molecule has 0 saturated heterocycles. The molecule has 104 valence electrons. The number of aryl methyl sites for hydroxylation is 1. The van der Waals surface area contributed by atoms with Gasteiger partial charge in [0.1, 0.15) is 0 Å². The molecule has 2 aromatic heterocycles. The third kappa shape index (κ3) is 2.26. The minimum Gasteiger partial charge on any atom is -0.277 e. The molecule has 0 aliphatic rings. The summed E-state index contributed by atoms with van der Waals surface area (Å²) in [6.45, 7) is 0.154. The maximum atomic E-state index is 12.4. The van der Waals surface area contributed by atoms with Crippen molar-refractivity contribution < 1.29 is 0 Å². The first-order valence-corrected chi connectivity index (χ1v) is 6.43. The van der Waals surface area contributed by atoms with Crippen molar-refractivity contribution in [2.75, 3.05) is 0 Å². The number of hydrogen-bond donors (Lipinski definition) is 0. The number of aromatic nitrogens is 5. The van der Waals surface area contributed by atoms with Gasteiger partial charge in [0, 0.05) is 7.05 Å². The van der Waals surface area contributed by atoms with Crippen LogP contribution >= 0.6 is 11.6 Å². The van der Waals surface area contributed by atoms with Gasteiger partial charge in [0.05, 0.1) is 18.2 Å². The molecule has 7 nitrogen and oxygen atoms in total. The molecule has 0 radical (unpaired) electrons. The molecule has 0 amide bonds. The molecule has 21 heavy (non-hydrogen) atoms. The van der Waals surface area contributed by atoms with E-state index >= 15 is 0 Å². The van der Waals surface area contributed by atoms with Crippen molar-refractivity contribution in [2.45, 2.75) is 6.54 Å². The molecule has 3 rings (SSSR count). The summed E-state index contributed by atoms with van der Waals surface area (Å²) in [5.74, 6) is 0. The fourth-order valence-electron chi connectivity index (χ4n) is 2.04. The minimum absolute atomic E-state index is 0.0146. The predicted molar refractivity (Wildman–Crippen MR) is 75.8 cm³/mol. The monoisotopic (exact) mass is 300 g/mol. The maximum Gasteiger partial charge on any atom is 0.284 e. The molecule has 0 unspecified atom stereocenters. The summed E-state index contributed by atoms with van der Waals surface area (Å²) in [6, 6.07) is 9.09. The Kier molecular flexibility index (Phi) is 3.16. The summed E-state index contributed by atoms with van der Waals surface area (Å²) in [7, 11) is 1.60. The summed E-state index contributed by atoms with van der Waals surface area (Å²) in [4.78, 5) is 17.7. The van der Waals surface area contributed by atoms with Crippen LogP contribution in [0.5, 0.6) is 0 Å². The highest BCUT2D eigenvalue weighted by atomic mass is 35.5. The SMILES string of the molecule is Cn1nc2nc(Cl)n(Cc3ccccc3C#N)c(=O)c2n1. The molecule has 0 atom stereocenters. The number of hydrogen-bond acceptors (Lipinski definition) is 5. The Labute approximate surface area is 124 Å². The van der Waals surface area contributed by atoms with Crippen LogP contribution in [0.4, 0.5) is 0 Å². The molecule has 1 aromatic carbocycles. The van der Waals surface area contributed by atoms with E-state index in [9.17, 15) is 4.79 Å². The fourth-order valence-corrected chi connectivity index (χ4v) is 2.26. The third-order valence-corrected chi connectivity index (χ3v) is 3.32. The van der Waals surface area contributed by atoms with Gasteiger partial charge in [-0.2, -0.15) is 15.0 Å². The Hall–Kier alpha value is -2.72. The highest BCUT2D eigenvalue weighted by Gasteiger charge is 2.15. The predicted octanol–water partition coefficient (Wildman–Crippen LogP) is 1.10. The average Bonchev–Trinajstić information content (AvgIpc) is 2.84. The minimum atomic E-state index is -0.383. The second-order valence-corrected chi connectivity index (χ2v) is 4.74. The molecule has 0 spiro atoms. The van der Waals surface area contributed by atoms with Crippen LogP contribution in [-0.2, 0) is 13.6 Å². The lowest BCUT2D eigenvalue weighted by molar-refractivity contribution is 0.663. The smallest absolute Gasteiger partial charge is 0.277 e. The Morgan fingerprint density at radius 3 is 2.86 bits per heavy atom. The normalized spacial score (nSPS) is 10.7. The number of halogens is 1. The molecular formula is C13H9ClN6O. The lowest BCUT2D eigenvalue weighted by Gasteiger charge is -2.08. The van der Waals surface area contributed by atoms with Crippen LogP contribution in [0.1, 0.15) is 11.1 Å². The Morgan fingerprint density at radius 2 is 2.10 bits per heavy atom. The van der Waals surface area contributed by atoms with Gasteiger partial charge in [0.15, 0.2) is 5.52 Å². The van der Waals surface area contributed by atoms with Crippen LogP contribution < -0.4 is 5.56 Å². The van der Waals surface area contributed by atoms with E-state index in [0.29, 0.717) is 11.1 Å². The van der Waals surface area contributed by atoms with Gasteiger partial charge in [-0.1, -0.05) is 18.2 Å². The van der Waals surface area contributed by atoms with Gasteiger partial charge in [0.25, 0.3) is 5.56 Å². The third-order valence-electron chi connectivity index (χ3n) is 3.03. The molecule has 0 N–H and O–H groups in total. The molecule has 8 heteroatoms. The summed E-state index contributed by atoms with van der Waals surface area (Å²) < 4.78 is 1.27. The van der Waals surface area contributed by atoms with Crippen LogP contribution in [-0.4, -0.2) is 24.5 Å². The van der Waals surface area contributed by atoms with Crippen molar-refractivity contribution in [1.29, 1.82) is 5.26 Å². The van der Waals surface area contributed by atoms with E-state index in [1.165, 1.54) is 9.36 Å². The molecule has 0 aliphatic carbocycles. The van der Waals surface area contributed by atoms with Crippen LogP contribution in [0.2, 0.25) is 5.28 Å². The summed E-state index contributed by atoms with van der Waals surface area (Å²) >= 11 is 6.06. The van der Waals surface area contributed by atoms with E-state index in [1.807, 2.05) is 0 Å². The van der Waals surface area contributed by atoms with E-state index in [-0.39, 0.29) is 28.6 Å². The van der Waals surface area contributed by atoms with E-state index < -0.39 is 0 Å². The van der Waals surface area contributed by atoms with Gasteiger partial charge in [0.2, 0.25) is 10.9 Å². The lowest BCUT2D eigenvalue weighted by Crippen LogP contribution is -2.23. The number of benzene rings is 1. The number of rotatable bonds is 2. The van der Waals surface area contributed by atoms with Crippen molar-refractivity contribution in [3.05, 3.63) is 51.0 Å². The van der Waals surface area contributed by atoms with E-state index in [0.717, 1.165) is 0 Å². The van der Waals surface area contributed by atoms with Crippen LogP contribution in [0, 0.1) is 11.3 Å². The van der Waals surface area contributed by atoms with Crippen molar-refractivity contribution >= 4 is 22.8 Å². The molecule has 0 bridgehead atoms. The number of nitriles is 1. The Morgan fingerprint density at radius 1 is 1.33 bits per heavy atom. The fraction of sp³-hybridized carbons (Fsp3) is 0.154. The standard InChI is InChI=1S/C13H9ClN6O/c1-19-17-10-11(18-19)16-13(14)20(12(10)21)7-9-5-3-2-4-8(9)6-15/h2-5H,7H2,1H3. The highest BCUT2D eigenvalue weighted by Crippen LogP contribution is 2.13. The van der Waals surface area contributed by atoms with Gasteiger partial charge in [-0.3, -0.25) is 9.36 Å². The van der Waals surface area contributed by atoms with Gasteiger partial charge in [-0.25, -0.2) is 0 Å². The van der Waals surface area contributed by atoms with E-state index in [1.54, 1.807) is 31.3 Å². The van der Waals surface area contributed by atoms with Gasteiger partial charge in [-0.15, -0.1) is 10.2 Å². The van der Waals surface area contributed by atoms with Crippen LogP contribution in [0.15, 0.2) is 29.1 Å². The van der Waals surface area contributed by atoms with E-state index in [2.05, 4.69) is 21.3 Å². The van der Waals surface area contributed by atoms with Crippen LogP contribution in [0.3, 0.4) is 0 Å². The molecule has 0 aliphatic heterocycles. The van der Waals surface area contributed by atoms with Crippen molar-refractivity contribution in [3.63, 3.8) is 0 Å². The van der Waals surface area contributed by atoms with Gasteiger partial charge >= 0.3 is 0 Å². The van der Waals surface area contributed by atoms with Crippen molar-refractivity contribution in [2.24, 2.45) is 7.05 Å². The second-order valence-electron chi connectivity index (χ2n) is 4.40. The number of nitrogens with zero attached hydrogens (tertiary/aromatic N) is 6. The first-order valence-electron chi connectivity index (χ1n) is 6.05. The zero-order valence-electron chi connectivity index (χ0n) is 11.0. The number of fused-ring (bicyclic) bond motifs is 1. The zero-order chi connectivity index (χ0) is 15.0. The highest BCUT2D eigenvalue weighted by molar-refractivity contribution is 6.28. The lowest BCUT2D eigenvalue weighted by atomic mass is 10.1. The summed E-state index contributed by atoms with van der Waals surface area (Å²) in [6.07, 6.45) is 0. The first-order chi connectivity index (χ1) is 10.1. The van der Waals surface area contributed by atoms with Crippen molar-refractivity contribution in [3.8, 4) is 6.07 Å². The summed E-state index contributed by atoms with van der Waals surface area (Å²) in [5.41, 5.74) is 1.15. The second kappa shape index (κ2) is 5.00. The molecule has 0 fully saturated rings. The van der Waals surface area contributed by atoms with E-state index in [4.69, 9.17) is 16.9 Å². The van der Waals surface area contributed by atoms with Crippen LogP contribution in [0.25, 0.3) is 11.2 Å². The molecular weight excluding hydrogens is 292 g/mol. The Bertz CT molecular complexity index is 936. The van der Waals surface area contributed by atoms with Gasteiger partial charge < -0.3 is 0 Å². The zero-order valence-corrected chi connectivity index (χ0v) is 11.7. The largest absolute Gasteiger partial charge is 0.284 e. The van der Waals surface area contributed by atoms with Crippen molar-refractivity contribution in [1.82, 2.24) is 24.5 Å². The molecule has 0 saturated carbocycles. The summed E-state index contributed by atoms with van der Waals surface area (Å²) in [5, 5.41) is 17.1.